The molecule has 3 fully saturated rings. The Labute approximate surface area is 301 Å². The smallest absolute Gasteiger partial charge is 0.339 e. The van der Waals surface area contributed by atoms with Gasteiger partial charge in [-0.15, -0.1) is 0 Å². The number of allylic oxidation sites excluding steroid dienone is 2. The molecule has 4 aromatic rings. The monoisotopic (exact) mass is 722 g/mol. The van der Waals surface area contributed by atoms with Crippen molar-refractivity contribution in [1.29, 1.82) is 0 Å². The third-order valence-electron chi connectivity index (χ3n) is 10.9. The molecule has 3 N–H and O–H groups in total. The number of nitrogens with zero attached hydrogens (tertiary/aromatic N) is 2. The average Bonchev–Trinajstić information content (AvgIpc) is 3.49. The van der Waals surface area contributed by atoms with Gasteiger partial charge in [-0.1, -0.05) is 77.3 Å². The van der Waals surface area contributed by atoms with Crippen LogP contribution in [0.5, 0.6) is 11.5 Å². The highest BCUT2D eigenvalue weighted by Gasteiger charge is 2.70. The summed E-state index contributed by atoms with van der Waals surface area (Å²) in [6, 6.07) is 23.4. The Morgan fingerprint density at radius 3 is 2.20 bits per heavy atom. The van der Waals surface area contributed by atoms with Crippen molar-refractivity contribution in [1.82, 2.24) is 0 Å². The molecule has 4 aromatic carbocycles. The van der Waals surface area contributed by atoms with Gasteiger partial charge in [-0.3, -0.25) is 19.2 Å². The van der Waals surface area contributed by atoms with E-state index < -0.39 is 70.4 Å². The van der Waals surface area contributed by atoms with Crippen LogP contribution in [0.3, 0.4) is 0 Å². The normalized spacial score (nSPS) is 26.9. The molecular weight excluding hydrogens is 695 g/mol. The van der Waals surface area contributed by atoms with E-state index in [4.69, 9.17) is 23.2 Å². The Hall–Kier alpha value is -5.45. The highest BCUT2D eigenvalue weighted by atomic mass is 35.5. The number of benzene rings is 4. The van der Waals surface area contributed by atoms with E-state index in [0.29, 0.717) is 21.7 Å². The van der Waals surface area contributed by atoms with Crippen molar-refractivity contribution in [2.45, 2.75) is 24.2 Å². The zero-order chi connectivity index (χ0) is 35.9. The summed E-state index contributed by atoms with van der Waals surface area (Å²) < 4.78 is 0. The predicted octanol–water partition coefficient (Wildman–Crippen LogP) is 6.47. The summed E-state index contributed by atoms with van der Waals surface area (Å²) in [4.78, 5) is 72.2. The Bertz CT molecular complexity index is 2240. The number of halogens is 2. The van der Waals surface area contributed by atoms with Crippen molar-refractivity contribution in [3.05, 3.63) is 129 Å². The summed E-state index contributed by atoms with van der Waals surface area (Å²) in [5, 5.41) is 30.7. The van der Waals surface area contributed by atoms with Crippen LogP contribution in [0.15, 0.2) is 103 Å². The molecule has 6 unspecified atom stereocenters. The number of phenols is 2. The van der Waals surface area contributed by atoms with E-state index in [1.54, 1.807) is 54.6 Å². The number of phenolic OH excluding ortho intramolecular Hbond substituents is 1. The standard InChI is InChI=1S/C39H28Cl2N2O8/c40-20-7-4-8-21(15-20)43-35(47)29-18-28-24(13-14-27-32(28)36(48)42(34(27)46)22-9-11-26(37(49)50)31(45)16-22)33(25-12-10-23(44)17-30(25)41)39(29,38(43)51)19-5-2-1-3-6-19/h1-13,15-17,27-29,32-33,44-45H,14,18H2,(H,49,50). The topological polar surface area (TPSA) is 153 Å². The third-order valence-corrected chi connectivity index (χ3v) is 11.5. The fourth-order valence-electron chi connectivity index (χ4n) is 8.93. The van der Waals surface area contributed by atoms with E-state index >= 15 is 4.79 Å². The van der Waals surface area contributed by atoms with Crippen molar-refractivity contribution in [2.75, 3.05) is 9.80 Å². The van der Waals surface area contributed by atoms with Crippen molar-refractivity contribution in [3.8, 4) is 11.5 Å². The molecule has 2 saturated heterocycles. The van der Waals surface area contributed by atoms with Crippen LogP contribution < -0.4 is 9.80 Å². The van der Waals surface area contributed by atoms with Crippen LogP contribution in [0.1, 0.15) is 40.2 Å². The summed E-state index contributed by atoms with van der Waals surface area (Å²) in [6.45, 7) is 0. The Morgan fingerprint density at radius 2 is 1.51 bits per heavy atom. The van der Waals surface area contributed by atoms with E-state index in [-0.39, 0.29) is 40.6 Å². The molecule has 10 nitrogen and oxygen atoms in total. The molecule has 4 amide bonds. The molecule has 12 heteroatoms. The third kappa shape index (κ3) is 4.66. The van der Waals surface area contributed by atoms with Gasteiger partial charge in [0, 0.05) is 22.0 Å². The lowest BCUT2D eigenvalue weighted by Crippen LogP contribution is -2.53. The molecule has 0 aromatic heterocycles. The van der Waals surface area contributed by atoms with Crippen molar-refractivity contribution in [3.63, 3.8) is 0 Å². The van der Waals surface area contributed by atoms with Gasteiger partial charge < -0.3 is 15.3 Å². The van der Waals surface area contributed by atoms with E-state index in [1.165, 1.54) is 18.2 Å². The second kappa shape index (κ2) is 11.8. The number of rotatable bonds is 5. The number of anilines is 2. The minimum Gasteiger partial charge on any atom is -0.508 e. The number of carboxylic acids is 1. The van der Waals surface area contributed by atoms with Crippen LogP contribution in [-0.2, 0) is 24.6 Å². The summed E-state index contributed by atoms with van der Waals surface area (Å²) in [5.74, 6) is -8.48. The summed E-state index contributed by atoms with van der Waals surface area (Å²) >= 11 is 13.3. The number of hydrogen-bond donors (Lipinski definition) is 3. The molecule has 2 aliphatic carbocycles. The van der Waals surface area contributed by atoms with E-state index in [2.05, 4.69) is 0 Å². The van der Waals surface area contributed by atoms with Crippen molar-refractivity contribution >= 4 is 64.2 Å². The van der Waals surface area contributed by atoms with Gasteiger partial charge in [-0.05, 0) is 72.4 Å². The number of hydrogen-bond acceptors (Lipinski definition) is 7. The number of aromatic hydroxyl groups is 2. The minimum absolute atomic E-state index is 0.0234. The second-order valence-corrected chi connectivity index (χ2v) is 14.2. The molecule has 0 radical (unpaired) electrons. The molecular formula is C39H28Cl2N2O8. The molecule has 256 valence electrons. The SMILES string of the molecule is O=C(O)c1ccc(N2C(=O)C3CC=C4C(CC5C(=O)N(c6cccc(Cl)c6)C(=O)C5(c5ccccc5)C4c4ccc(O)cc4Cl)C3C2=O)cc1O. The molecule has 1 saturated carbocycles. The average molecular weight is 724 g/mol. The Morgan fingerprint density at radius 1 is 0.765 bits per heavy atom. The van der Waals surface area contributed by atoms with Gasteiger partial charge in [0.2, 0.25) is 23.6 Å². The lowest BCUT2D eigenvalue weighted by atomic mass is 9.49. The molecule has 2 aliphatic heterocycles. The van der Waals surface area contributed by atoms with Gasteiger partial charge in [0.05, 0.1) is 34.5 Å². The molecule has 4 aliphatic rings. The number of carbonyl (C=O) groups is 5. The molecule has 0 bridgehead atoms. The van der Waals surface area contributed by atoms with E-state index in [1.807, 2.05) is 12.1 Å². The van der Waals surface area contributed by atoms with Crippen molar-refractivity contribution in [2.24, 2.45) is 23.7 Å². The Balaban J connectivity index is 1.33. The van der Waals surface area contributed by atoms with Crippen LogP contribution in [0.25, 0.3) is 0 Å². The first kappa shape index (κ1) is 32.7. The van der Waals surface area contributed by atoms with E-state index in [0.717, 1.165) is 21.9 Å². The van der Waals surface area contributed by atoms with E-state index in [9.17, 15) is 34.5 Å². The fraction of sp³-hybridized carbons (Fsp3) is 0.205. The highest BCUT2D eigenvalue weighted by Crippen LogP contribution is 2.65. The zero-order valence-corrected chi connectivity index (χ0v) is 28.1. The number of fused-ring (bicyclic) bond motifs is 4. The molecule has 8 rings (SSSR count). The van der Waals surface area contributed by atoms with Crippen LogP contribution in [-0.4, -0.2) is 44.9 Å². The van der Waals surface area contributed by atoms with Crippen LogP contribution in [0.4, 0.5) is 11.4 Å². The molecule has 2 heterocycles. The zero-order valence-electron chi connectivity index (χ0n) is 26.6. The summed E-state index contributed by atoms with van der Waals surface area (Å²) in [7, 11) is 0. The molecule has 51 heavy (non-hydrogen) atoms. The van der Waals surface area contributed by atoms with Crippen LogP contribution in [0, 0.1) is 23.7 Å². The van der Waals surface area contributed by atoms with Gasteiger partial charge in [0.25, 0.3) is 0 Å². The summed E-state index contributed by atoms with van der Waals surface area (Å²) in [6.07, 6.45) is 2.06. The maximum atomic E-state index is 15.3. The minimum atomic E-state index is -1.54. The summed E-state index contributed by atoms with van der Waals surface area (Å²) in [5.41, 5.74) is 0.0924. The van der Waals surface area contributed by atoms with Crippen LogP contribution in [0.2, 0.25) is 10.0 Å². The number of imide groups is 2. The second-order valence-electron chi connectivity index (χ2n) is 13.3. The first-order valence-corrected chi connectivity index (χ1v) is 17.0. The maximum Gasteiger partial charge on any atom is 0.339 e. The van der Waals surface area contributed by atoms with Gasteiger partial charge in [-0.25, -0.2) is 14.6 Å². The lowest BCUT2D eigenvalue weighted by molar-refractivity contribution is -0.127. The predicted molar refractivity (Wildman–Crippen MR) is 187 cm³/mol. The van der Waals surface area contributed by atoms with Crippen molar-refractivity contribution < 1.29 is 39.3 Å². The van der Waals surface area contributed by atoms with Gasteiger partial charge in [0.15, 0.2) is 0 Å². The highest BCUT2D eigenvalue weighted by molar-refractivity contribution is 6.33. The number of carbonyl (C=O) groups excluding carboxylic acids is 4. The largest absolute Gasteiger partial charge is 0.508 e. The van der Waals surface area contributed by atoms with Gasteiger partial charge >= 0.3 is 5.97 Å². The maximum absolute atomic E-state index is 15.3. The lowest BCUT2D eigenvalue weighted by Gasteiger charge is -2.51. The number of amides is 4. The molecule has 6 atom stereocenters. The Kier molecular flexibility index (Phi) is 7.59. The fourth-order valence-corrected chi connectivity index (χ4v) is 9.40. The first-order chi connectivity index (χ1) is 24.4. The van der Waals surface area contributed by atoms with Gasteiger partial charge in [-0.2, -0.15) is 0 Å². The number of aromatic carboxylic acids is 1. The molecule has 0 spiro atoms. The van der Waals surface area contributed by atoms with Gasteiger partial charge in [0.1, 0.15) is 17.1 Å². The first-order valence-electron chi connectivity index (χ1n) is 16.3. The quantitative estimate of drug-likeness (QED) is 0.157. The van der Waals surface area contributed by atoms with Crippen LogP contribution >= 0.6 is 23.2 Å². The number of carboxylic acid groups (broad SMARTS) is 1.